The molecule has 0 amide bonds. The van der Waals surface area contributed by atoms with Crippen LogP contribution in [0.1, 0.15) is 53.5 Å². The number of aromatic nitrogens is 1. The third-order valence-corrected chi connectivity index (χ3v) is 8.63. The summed E-state index contributed by atoms with van der Waals surface area (Å²) >= 11 is 6.50. The molecule has 2 aromatic carbocycles. The summed E-state index contributed by atoms with van der Waals surface area (Å²) in [5.41, 5.74) is 12.2. The van der Waals surface area contributed by atoms with Gasteiger partial charge < -0.3 is 20.5 Å². The second-order valence-electron chi connectivity index (χ2n) is 10.7. The van der Waals surface area contributed by atoms with Gasteiger partial charge in [-0.05, 0) is 80.4 Å². The largest absolute Gasteiger partial charge is 0.383 e. The Labute approximate surface area is 222 Å². The van der Waals surface area contributed by atoms with E-state index in [0.29, 0.717) is 33.6 Å². The van der Waals surface area contributed by atoms with E-state index in [1.807, 2.05) is 6.07 Å². The van der Waals surface area contributed by atoms with Gasteiger partial charge >= 0.3 is 0 Å². The standard InChI is InChI=1S/C30H33ClN4O2/c31-27-15-22(7-10-26(27)30(36)17-37-18-30)28(32)25-14-23(16-34-29(25)33)21-4-3-19-5-8-24(9-6-20(19)13-21)35-11-1-2-12-35/h3-4,7,10,13-16,24,32,36H,1-2,5-6,8-9,11-12,17-18H2,(H2,33,34). The van der Waals surface area contributed by atoms with Gasteiger partial charge in [0.2, 0.25) is 0 Å². The topological polar surface area (TPSA) is 95.5 Å². The van der Waals surface area contributed by atoms with Crippen LogP contribution in [0, 0.1) is 5.41 Å². The van der Waals surface area contributed by atoms with Crippen molar-refractivity contribution < 1.29 is 9.84 Å². The van der Waals surface area contributed by atoms with Crippen molar-refractivity contribution in [3.8, 4) is 11.1 Å². The Balaban J connectivity index is 1.25. The number of halogens is 1. The Morgan fingerprint density at radius 2 is 1.78 bits per heavy atom. The lowest BCUT2D eigenvalue weighted by Gasteiger charge is -2.37. The Hall–Kier alpha value is -2.77. The number of hydrogen-bond donors (Lipinski definition) is 3. The number of nitrogens with zero attached hydrogens (tertiary/aromatic N) is 2. The number of aryl methyl sites for hydroxylation is 2. The molecule has 0 spiro atoms. The zero-order chi connectivity index (χ0) is 25.6. The number of benzene rings is 2. The second-order valence-corrected chi connectivity index (χ2v) is 11.1. The number of nitrogens with one attached hydrogen (secondary N) is 1. The first kappa shape index (κ1) is 24.6. The fourth-order valence-electron chi connectivity index (χ4n) is 6.03. The van der Waals surface area contributed by atoms with E-state index < -0.39 is 5.60 Å². The van der Waals surface area contributed by atoms with Gasteiger partial charge in [-0.15, -0.1) is 0 Å². The number of rotatable bonds is 5. The first-order valence-corrected chi connectivity index (χ1v) is 13.6. The second kappa shape index (κ2) is 9.84. The molecule has 0 saturated carbocycles. The summed E-state index contributed by atoms with van der Waals surface area (Å²) in [6.07, 6.45) is 9.14. The molecule has 1 aliphatic carbocycles. The molecule has 0 bridgehead atoms. The molecule has 2 saturated heterocycles. The van der Waals surface area contributed by atoms with E-state index in [2.05, 4.69) is 28.1 Å². The van der Waals surface area contributed by atoms with Gasteiger partial charge in [0, 0.05) is 39.5 Å². The van der Waals surface area contributed by atoms with Gasteiger partial charge in [0.05, 0.1) is 18.9 Å². The number of nitrogen functional groups attached to an aromatic ring is 1. The van der Waals surface area contributed by atoms with E-state index in [-0.39, 0.29) is 18.9 Å². The van der Waals surface area contributed by atoms with Crippen LogP contribution in [0.5, 0.6) is 0 Å². The van der Waals surface area contributed by atoms with E-state index in [9.17, 15) is 5.11 Å². The molecule has 3 aliphatic rings. The number of hydrogen-bond acceptors (Lipinski definition) is 6. The zero-order valence-corrected chi connectivity index (χ0v) is 21.7. The normalized spacial score (nSPS) is 21.2. The van der Waals surface area contributed by atoms with Crippen molar-refractivity contribution in [1.82, 2.24) is 9.88 Å². The maximum atomic E-state index is 10.6. The minimum absolute atomic E-state index is 0.224. The lowest BCUT2D eigenvalue weighted by molar-refractivity contribution is -0.184. The van der Waals surface area contributed by atoms with Crippen molar-refractivity contribution >= 4 is 23.1 Å². The molecule has 0 radical (unpaired) electrons. The van der Waals surface area contributed by atoms with Gasteiger partial charge in [-0.3, -0.25) is 5.41 Å². The molecule has 1 unspecified atom stereocenters. The summed E-state index contributed by atoms with van der Waals surface area (Å²) in [4.78, 5) is 7.13. The van der Waals surface area contributed by atoms with Crippen LogP contribution in [0.25, 0.3) is 11.1 Å². The van der Waals surface area contributed by atoms with Crippen LogP contribution in [-0.2, 0) is 23.2 Å². The van der Waals surface area contributed by atoms with Gasteiger partial charge in [-0.25, -0.2) is 4.98 Å². The Bertz CT molecular complexity index is 1350. The number of pyridine rings is 1. The van der Waals surface area contributed by atoms with E-state index in [0.717, 1.165) is 24.0 Å². The number of anilines is 1. The van der Waals surface area contributed by atoms with Gasteiger partial charge in [-0.2, -0.15) is 0 Å². The molecule has 6 nitrogen and oxygen atoms in total. The molecule has 3 heterocycles. The van der Waals surface area contributed by atoms with Crippen LogP contribution >= 0.6 is 11.6 Å². The van der Waals surface area contributed by atoms with Crippen LogP contribution in [0.4, 0.5) is 5.82 Å². The van der Waals surface area contributed by atoms with Crippen molar-refractivity contribution in [2.45, 2.75) is 50.2 Å². The number of fused-ring (bicyclic) bond motifs is 1. The van der Waals surface area contributed by atoms with Crippen LogP contribution < -0.4 is 5.73 Å². The fraction of sp³-hybridized carbons (Fsp3) is 0.400. The van der Waals surface area contributed by atoms with Crippen LogP contribution in [0.15, 0.2) is 48.7 Å². The van der Waals surface area contributed by atoms with E-state index in [1.165, 1.54) is 49.9 Å². The maximum Gasteiger partial charge on any atom is 0.137 e. The minimum Gasteiger partial charge on any atom is -0.383 e. The van der Waals surface area contributed by atoms with Crippen molar-refractivity contribution in [1.29, 1.82) is 5.41 Å². The van der Waals surface area contributed by atoms with E-state index in [4.69, 9.17) is 27.5 Å². The van der Waals surface area contributed by atoms with E-state index >= 15 is 0 Å². The SMILES string of the molecule is N=C(c1ccc(C2(O)COC2)c(Cl)c1)c1cc(-c2ccc3c(c2)CCC(N2CCCC2)CC3)cnc1N. The van der Waals surface area contributed by atoms with E-state index in [1.54, 1.807) is 24.4 Å². The quantitative estimate of drug-likeness (QED) is 0.329. The molecule has 4 N–H and O–H groups in total. The smallest absolute Gasteiger partial charge is 0.137 e. The highest BCUT2D eigenvalue weighted by Gasteiger charge is 2.39. The van der Waals surface area contributed by atoms with Crippen LogP contribution in [0.2, 0.25) is 5.02 Å². The first-order chi connectivity index (χ1) is 17.9. The van der Waals surface area contributed by atoms with Crippen molar-refractivity contribution in [2.24, 2.45) is 0 Å². The maximum absolute atomic E-state index is 10.6. The average molecular weight is 517 g/mol. The van der Waals surface area contributed by atoms with Crippen LogP contribution in [0.3, 0.4) is 0 Å². The molecule has 1 atom stereocenters. The molecule has 3 aromatic rings. The molecule has 192 valence electrons. The molecular weight excluding hydrogens is 484 g/mol. The lowest BCUT2D eigenvalue weighted by atomic mass is 9.90. The summed E-state index contributed by atoms with van der Waals surface area (Å²) in [6.45, 7) is 2.95. The molecule has 2 fully saturated rings. The fourth-order valence-corrected chi connectivity index (χ4v) is 6.39. The number of likely N-dealkylation sites (tertiary alicyclic amines) is 1. The third kappa shape index (κ3) is 4.68. The molecular formula is C30H33ClN4O2. The predicted molar refractivity (Wildman–Crippen MR) is 147 cm³/mol. The number of ether oxygens (including phenoxy) is 1. The molecule has 37 heavy (non-hydrogen) atoms. The lowest BCUT2D eigenvalue weighted by Crippen LogP contribution is -2.46. The van der Waals surface area contributed by atoms with Gasteiger partial charge in [0.1, 0.15) is 11.4 Å². The number of nitrogens with two attached hydrogens (primary N) is 1. The van der Waals surface area contributed by atoms with Gasteiger partial charge in [0.15, 0.2) is 0 Å². The van der Waals surface area contributed by atoms with Gasteiger partial charge in [0.25, 0.3) is 0 Å². The molecule has 7 heteroatoms. The van der Waals surface area contributed by atoms with Crippen molar-refractivity contribution in [3.05, 3.63) is 81.5 Å². The first-order valence-electron chi connectivity index (χ1n) is 13.2. The minimum atomic E-state index is -1.06. The highest BCUT2D eigenvalue weighted by molar-refractivity contribution is 6.32. The predicted octanol–water partition coefficient (Wildman–Crippen LogP) is 4.96. The molecule has 2 aliphatic heterocycles. The van der Waals surface area contributed by atoms with Crippen LogP contribution in [-0.4, -0.2) is 53.0 Å². The molecule has 6 rings (SSSR count). The van der Waals surface area contributed by atoms with Crippen molar-refractivity contribution in [3.63, 3.8) is 0 Å². The Morgan fingerprint density at radius 1 is 1.03 bits per heavy atom. The summed E-state index contributed by atoms with van der Waals surface area (Å²) in [7, 11) is 0. The summed E-state index contributed by atoms with van der Waals surface area (Å²) < 4.78 is 5.16. The third-order valence-electron chi connectivity index (χ3n) is 8.32. The van der Waals surface area contributed by atoms with Gasteiger partial charge in [-0.1, -0.05) is 41.9 Å². The molecule has 1 aromatic heterocycles. The number of aliphatic hydroxyl groups is 1. The average Bonchev–Trinajstić information content (AvgIpc) is 3.34. The Morgan fingerprint density at radius 3 is 2.49 bits per heavy atom. The monoisotopic (exact) mass is 516 g/mol. The summed E-state index contributed by atoms with van der Waals surface area (Å²) in [5.74, 6) is 0.309. The highest BCUT2D eigenvalue weighted by Crippen LogP contribution is 2.36. The zero-order valence-electron chi connectivity index (χ0n) is 21.0. The summed E-state index contributed by atoms with van der Waals surface area (Å²) in [5, 5.41) is 19.9. The summed E-state index contributed by atoms with van der Waals surface area (Å²) in [6, 6.07) is 14.7. The van der Waals surface area contributed by atoms with Crippen molar-refractivity contribution in [2.75, 3.05) is 32.0 Å². The Kier molecular flexibility index (Phi) is 6.53. The highest BCUT2D eigenvalue weighted by atomic mass is 35.5.